The summed E-state index contributed by atoms with van der Waals surface area (Å²) in [6.45, 7) is 0. The van der Waals surface area contributed by atoms with Crippen LogP contribution in [-0.4, -0.2) is 13.4 Å². The predicted octanol–water partition coefficient (Wildman–Crippen LogP) is 3.02. The van der Waals surface area contributed by atoms with E-state index in [1.165, 1.54) is 6.08 Å². The molecule has 16 heavy (non-hydrogen) atoms. The SMILES string of the molecule is COc1ccccc1/C=C/C=C/C=C/C=O. The maximum absolute atomic E-state index is 9.99. The monoisotopic (exact) mass is 214 g/mol. The van der Waals surface area contributed by atoms with E-state index in [2.05, 4.69) is 0 Å². The number of allylic oxidation sites excluding steroid dienone is 5. The number of aldehydes is 1. The van der Waals surface area contributed by atoms with Gasteiger partial charge in [0.25, 0.3) is 0 Å². The van der Waals surface area contributed by atoms with Gasteiger partial charge in [0.15, 0.2) is 0 Å². The molecule has 0 heterocycles. The highest BCUT2D eigenvalue weighted by atomic mass is 16.5. The fraction of sp³-hybridized carbons (Fsp3) is 0.0714. The Kier molecular flexibility index (Phi) is 5.42. The van der Waals surface area contributed by atoms with E-state index in [1.807, 2.05) is 42.5 Å². The van der Waals surface area contributed by atoms with Crippen LogP contribution in [0.5, 0.6) is 5.75 Å². The number of benzene rings is 1. The molecule has 1 rings (SSSR count). The van der Waals surface area contributed by atoms with E-state index in [9.17, 15) is 4.79 Å². The number of methoxy groups -OCH3 is 1. The molecule has 0 unspecified atom stereocenters. The highest BCUT2D eigenvalue weighted by Crippen LogP contribution is 2.18. The molecule has 0 aromatic heterocycles. The summed E-state index contributed by atoms with van der Waals surface area (Å²) in [7, 11) is 1.65. The third kappa shape index (κ3) is 3.96. The zero-order valence-corrected chi connectivity index (χ0v) is 9.17. The number of hydrogen-bond donors (Lipinski definition) is 0. The maximum Gasteiger partial charge on any atom is 0.142 e. The normalized spacial score (nSPS) is 11.6. The van der Waals surface area contributed by atoms with Crippen molar-refractivity contribution >= 4 is 12.4 Å². The molecule has 0 bridgehead atoms. The van der Waals surface area contributed by atoms with E-state index in [4.69, 9.17) is 4.74 Å². The summed E-state index contributed by atoms with van der Waals surface area (Å²) in [5.74, 6) is 0.843. The molecule has 0 fully saturated rings. The van der Waals surface area contributed by atoms with Crippen LogP contribution in [0.3, 0.4) is 0 Å². The average molecular weight is 214 g/mol. The molecule has 2 heteroatoms. The molecule has 0 amide bonds. The van der Waals surface area contributed by atoms with E-state index >= 15 is 0 Å². The van der Waals surface area contributed by atoms with Gasteiger partial charge >= 0.3 is 0 Å². The highest BCUT2D eigenvalue weighted by Gasteiger charge is 1.94. The first-order valence-electron chi connectivity index (χ1n) is 4.96. The van der Waals surface area contributed by atoms with Crippen LogP contribution < -0.4 is 4.74 Å². The molecule has 0 aliphatic heterocycles. The van der Waals surface area contributed by atoms with Gasteiger partial charge in [0.1, 0.15) is 12.0 Å². The molecule has 0 N–H and O–H groups in total. The molecule has 0 aliphatic carbocycles. The second-order valence-electron chi connectivity index (χ2n) is 3.01. The summed E-state index contributed by atoms with van der Waals surface area (Å²) >= 11 is 0. The van der Waals surface area contributed by atoms with Crippen molar-refractivity contribution in [3.8, 4) is 5.75 Å². The topological polar surface area (TPSA) is 26.3 Å². The van der Waals surface area contributed by atoms with Crippen molar-refractivity contribution in [2.75, 3.05) is 7.11 Å². The van der Waals surface area contributed by atoms with Gasteiger partial charge in [-0.15, -0.1) is 0 Å². The van der Waals surface area contributed by atoms with Gasteiger partial charge in [-0.1, -0.05) is 48.6 Å². The lowest BCUT2D eigenvalue weighted by Gasteiger charge is -2.02. The van der Waals surface area contributed by atoms with Crippen LogP contribution >= 0.6 is 0 Å². The Balaban J connectivity index is 2.65. The smallest absolute Gasteiger partial charge is 0.142 e. The summed E-state index contributed by atoms with van der Waals surface area (Å²) in [6, 6.07) is 7.77. The van der Waals surface area contributed by atoms with Crippen molar-refractivity contribution in [2.24, 2.45) is 0 Å². The lowest BCUT2D eigenvalue weighted by atomic mass is 10.2. The third-order valence-corrected chi connectivity index (χ3v) is 1.94. The number of rotatable bonds is 5. The van der Waals surface area contributed by atoms with Crippen LogP contribution in [0.2, 0.25) is 0 Å². The molecule has 0 saturated carbocycles. The van der Waals surface area contributed by atoms with Crippen molar-refractivity contribution in [1.29, 1.82) is 0 Å². The van der Waals surface area contributed by atoms with Crippen LogP contribution in [0.4, 0.5) is 0 Å². The fourth-order valence-electron chi connectivity index (χ4n) is 1.20. The Morgan fingerprint density at radius 3 is 2.44 bits per heavy atom. The quantitative estimate of drug-likeness (QED) is 0.428. The molecule has 0 spiro atoms. The van der Waals surface area contributed by atoms with Crippen LogP contribution in [0.25, 0.3) is 6.08 Å². The standard InChI is InChI=1S/C14H14O2/c1-16-14-11-7-6-10-13(14)9-5-3-2-4-8-12-15/h2-12H,1H3/b3-2+,8-4+,9-5+. The molecular formula is C14H14O2. The van der Waals surface area contributed by atoms with Gasteiger partial charge in [-0.3, -0.25) is 4.79 Å². The summed E-state index contributed by atoms with van der Waals surface area (Å²) in [5.41, 5.74) is 1.02. The Labute approximate surface area is 95.6 Å². The minimum absolute atomic E-state index is 0.744. The van der Waals surface area contributed by atoms with Gasteiger partial charge in [0, 0.05) is 5.56 Å². The van der Waals surface area contributed by atoms with E-state index in [-0.39, 0.29) is 0 Å². The molecule has 0 radical (unpaired) electrons. The zero-order chi connectivity index (χ0) is 11.6. The number of carbonyl (C=O) groups excluding carboxylic acids is 1. The van der Waals surface area contributed by atoms with Gasteiger partial charge < -0.3 is 4.74 Å². The fourth-order valence-corrected chi connectivity index (χ4v) is 1.20. The maximum atomic E-state index is 9.99. The van der Waals surface area contributed by atoms with Gasteiger partial charge in [-0.2, -0.15) is 0 Å². The van der Waals surface area contributed by atoms with Crippen LogP contribution in [0.1, 0.15) is 5.56 Å². The molecular weight excluding hydrogens is 200 g/mol. The van der Waals surface area contributed by atoms with Crippen molar-refractivity contribution in [2.45, 2.75) is 0 Å². The lowest BCUT2D eigenvalue weighted by molar-refractivity contribution is -0.104. The Hall–Kier alpha value is -2.09. The summed E-state index contributed by atoms with van der Waals surface area (Å²) in [4.78, 5) is 9.99. The second-order valence-corrected chi connectivity index (χ2v) is 3.01. The van der Waals surface area contributed by atoms with Crippen molar-refractivity contribution in [3.63, 3.8) is 0 Å². The lowest BCUT2D eigenvalue weighted by Crippen LogP contribution is -1.84. The summed E-state index contributed by atoms with van der Waals surface area (Å²) in [5, 5.41) is 0. The van der Waals surface area contributed by atoms with Crippen LogP contribution in [0, 0.1) is 0 Å². The summed E-state index contributed by atoms with van der Waals surface area (Å²) in [6.07, 6.45) is 11.4. The van der Waals surface area contributed by atoms with Gasteiger partial charge in [0.05, 0.1) is 7.11 Å². The molecule has 2 nitrogen and oxygen atoms in total. The van der Waals surface area contributed by atoms with Gasteiger partial charge in [0.2, 0.25) is 0 Å². The molecule has 82 valence electrons. The Morgan fingerprint density at radius 2 is 1.69 bits per heavy atom. The first-order valence-corrected chi connectivity index (χ1v) is 4.96. The van der Waals surface area contributed by atoms with Crippen molar-refractivity contribution in [3.05, 3.63) is 60.2 Å². The Morgan fingerprint density at radius 1 is 1.00 bits per heavy atom. The van der Waals surface area contributed by atoms with E-state index in [0.717, 1.165) is 17.6 Å². The summed E-state index contributed by atoms with van der Waals surface area (Å²) < 4.78 is 5.21. The number of carbonyl (C=O) groups is 1. The van der Waals surface area contributed by atoms with E-state index in [0.29, 0.717) is 0 Å². The van der Waals surface area contributed by atoms with Crippen molar-refractivity contribution < 1.29 is 9.53 Å². The Bertz CT molecular complexity index is 414. The van der Waals surface area contributed by atoms with Crippen molar-refractivity contribution in [1.82, 2.24) is 0 Å². The second kappa shape index (κ2) is 7.23. The van der Waals surface area contributed by atoms with E-state index < -0.39 is 0 Å². The predicted molar refractivity (Wildman–Crippen MR) is 66.4 cm³/mol. The highest BCUT2D eigenvalue weighted by molar-refractivity contribution is 5.65. The van der Waals surface area contributed by atoms with Crippen LogP contribution in [-0.2, 0) is 4.79 Å². The minimum atomic E-state index is 0.744. The number of para-hydroxylation sites is 1. The first-order chi connectivity index (χ1) is 7.88. The van der Waals surface area contributed by atoms with Gasteiger partial charge in [-0.25, -0.2) is 0 Å². The average Bonchev–Trinajstić information content (AvgIpc) is 2.34. The third-order valence-electron chi connectivity index (χ3n) is 1.94. The number of hydrogen-bond acceptors (Lipinski definition) is 2. The molecule has 0 aliphatic rings. The molecule has 1 aromatic rings. The molecule has 1 aromatic carbocycles. The minimum Gasteiger partial charge on any atom is -0.496 e. The largest absolute Gasteiger partial charge is 0.496 e. The van der Waals surface area contributed by atoms with E-state index in [1.54, 1.807) is 19.3 Å². The van der Waals surface area contributed by atoms with Gasteiger partial charge in [-0.05, 0) is 12.1 Å². The molecule has 0 saturated heterocycles. The van der Waals surface area contributed by atoms with Crippen LogP contribution in [0.15, 0.2) is 54.6 Å². The number of ether oxygens (including phenoxy) is 1. The zero-order valence-electron chi connectivity index (χ0n) is 9.17. The first kappa shape index (κ1) is 12.0. The molecule has 0 atom stereocenters.